The Balaban J connectivity index is 2.64. The van der Waals surface area contributed by atoms with Crippen LogP contribution in [0.1, 0.15) is 10.4 Å². The fraction of sp³-hybridized carbons (Fsp3) is 0.333. The number of amides is 1. The minimum atomic E-state index is -1.43. The quantitative estimate of drug-likeness (QED) is 0.632. The summed E-state index contributed by atoms with van der Waals surface area (Å²) in [6.45, 7) is -0.279. The lowest BCUT2D eigenvalue weighted by atomic mass is 10.2. The maximum atomic E-state index is 11.7. The molecule has 1 atom stereocenters. The van der Waals surface area contributed by atoms with Crippen LogP contribution in [0.25, 0.3) is 0 Å². The van der Waals surface area contributed by atoms with Gasteiger partial charge in [-0.2, -0.15) is 0 Å². The smallest absolute Gasteiger partial charge is 0.336 e. The Morgan fingerprint density at radius 2 is 2.05 bits per heavy atom. The summed E-state index contributed by atoms with van der Waals surface area (Å²) in [5, 5.41) is 21.1. The molecule has 1 amide bonds. The monoisotopic (exact) mass is 269 g/mol. The molecule has 1 aromatic rings. The summed E-state index contributed by atoms with van der Waals surface area (Å²) in [6, 6.07) is 4.10. The molecule has 1 aromatic carbocycles. The SMILES string of the molecule is COC(=O)C(O)CNC(=O)c1ccc(OC)c(O)c1. The highest BCUT2D eigenvalue weighted by Crippen LogP contribution is 2.25. The van der Waals surface area contributed by atoms with E-state index in [1.807, 2.05) is 0 Å². The first-order chi connectivity index (χ1) is 8.99. The topological polar surface area (TPSA) is 105 Å². The number of hydrogen-bond donors (Lipinski definition) is 3. The zero-order chi connectivity index (χ0) is 14.4. The Kier molecular flexibility index (Phi) is 5.13. The Bertz CT molecular complexity index is 473. The zero-order valence-corrected chi connectivity index (χ0v) is 10.5. The summed E-state index contributed by atoms with van der Waals surface area (Å²) in [5.74, 6) is -1.31. The van der Waals surface area contributed by atoms with Crippen LogP contribution in [0.5, 0.6) is 11.5 Å². The first-order valence-electron chi connectivity index (χ1n) is 5.40. The standard InChI is InChI=1S/C12H15NO6/c1-18-10-4-3-7(5-8(10)14)11(16)13-6-9(15)12(17)19-2/h3-5,9,14-15H,6H2,1-2H3,(H,13,16). The minimum Gasteiger partial charge on any atom is -0.504 e. The third kappa shape index (κ3) is 3.85. The molecular weight excluding hydrogens is 254 g/mol. The van der Waals surface area contributed by atoms with E-state index in [1.54, 1.807) is 0 Å². The summed E-state index contributed by atoms with van der Waals surface area (Å²) in [4.78, 5) is 22.6. The lowest BCUT2D eigenvalue weighted by Gasteiger charge is -2.10. The van der Waals surface area contributed by atoms with Gasteiger partial charge in [0.25, 0.3) is 5.91 Å². The van der Waals surface area contributed by atoms with E-state index in [1.165, 1.54) is 25.3 Å². The van der Waals surface area contributed by atoms with Crippen molar-refractivity contribution >= 4 is 11.9 Å². The molecule has 104 valence electrons. The summed E-state index contributed by atoms with van der Waals surface area (Å²) in [6.07, 6.45) is -1.43. The van der Waals surface area contributed by atoms with Crippen molar-refractivity contribution in [2.45, 2.75) is 6.10 Å². The van der Waals surface area contributed by atoms with Crippen LogP contribution in [-0.2, 0) is 9.53 Å². The molecule has 0 aliphatic heterocycles. The number of esters is 1. The van der Waals surface area contributed by atoms with Crippen molar-refractivity contribution < 1.29 is 29.3 Å². The third-order valence-corrected chi connectivity index (χ3v) is 2.37. The van der Waals surface area contributed by atoms with E-state index in [2.05, 4.69) is 10.1 Å². The number of phenols is 1. The van der Waals surface area contributed by atoms with Gasteiger partial charge in [0.05, 0.1) is 20.8 Å². The second-order valence-electron chi connectivity index (χ2n) is 3.64. The second kappa shape index (κ2) is 6.60. The summed E-state index contributed by atoms with van der Waals surface area (Å²) in [5.41, 5.74) is 0.176. The van der Waals surface area contributed by atoms with E-state index >= 15 is 0 Å². The van der Waals surface area contributed by atoms with Crippen molar-refractivity contribution in [2.24, 2.45) is 0 Å². The number of aliphatic hydroxyl groups excluding tert-OH is 1. The van der Waals surface area contributed by atoms with Gasteiger partial charge in [0.1, 0.15) is 0 Å². The first kappa shape index (κ1) is 14.8. The van der Waals surface area contributed by atoms with Crippen molar-refractivity contribution in [3.8, 4) is 11.5 Å². The first-order valence-corrected chi connectivity index (χ1v) is 5.40. The molecule has 3 N–H and O–H groups in total. The number of carbonyl (C=O) groups is 2. The van der Waals surface area contributed by atoms with E-state index in [9.17, 15) is 19.8 Å². The highest BCUT2D eigenvalue weighted by Gasteiger charge is 2.17. The van der Waals surface area contributed by atoms with Gasteiger partial charge in [0, 0.05) is 5.56 Å². The molecule has 7 heteroatoms. The molecule has 0 heterocycles. The predicted molar refractivity (Wildman–Crippen MR) is 65.0 cm³/mol. The minimum absolute atomic E-state index is 0.176. The van der Waals surface area contributed by atoms with Gasteiger partial charge in [-0.25, -0.2) is 4.79 Å². The number of methoxy groups -OCH3 is 2. The lowest BCUT2D eigenvalue weighted by Crippen LogP contribution is -2.37. The lowest BCUT2D eigenvalue weighted by molar-refractivity contribution is -0.149. The summed E-state index contributed by atoms with van der Waals surface area (Å²) < 4.78 is 9.14. The van der Waals surface area contributed by atoms with Crippen LogP contribution >= 0.6 is 0 Å². The van der Waals surface area contributed by atoms with Gasteiger partial charge in [-0.1, -0.05) is 0 Å². The molecule has 0 spiro atoms. The van der Waals surface area contributed by atoms with Crippen LogP contribution in [0, 0.1) is 0 Å². The number of phenolic OH excluding ortho intramolecular Hbond substituents is 1. The molecule has 0 bridgehead atoms. The van der Waals surface area contributed by atoms with Gasteiger partial charge in [-0.05, 0) is 18.2 Å². The highest BCUT2D eigenvalue weighted by atomic mass is 16.5. The molecule has 1 unspecified atom stereocenters. The summed E-state index contributed by atoms with van der Waals surface area (Å²) in [7, 11) is 2.52. The van der Waals surface area contributed by atoms with Crippen LogP contribution < -0.4 is 10.1 Å². The van der Waals surface area contributed by atoms with E-state index in [4.69, 9.17) is 4.74 Å². The van der Waals surface area contributed by atoms with Gasteiger partial charge in [0.15, 0.2) is 17.6 Å². The molecule has 19 heavy (non-hydrogen) atoms. The van der Waals surface area contributed by atoms with Crippen molar-refractivity contribution in [2.75, 3.05) is 20.8 Å². The van der Waals surface area contributed by atoms with Crippen LogP contribution in [0.2, 0.25) is 0 Å². The number of benzene rings is 1. The molecule has 0 aliphatic carbocycles. The number of aromatic hydroxyl groups is 1. The van der Waals surface area contributed by atoms with Crippen LogP contribution in [0.15, 0.2) is 18.2 Å². The van der Waals surface area contributed by atoms with Crippen molar-refractivity contribution in [3.05, 3.63) is 23.8 Å². The molecule has 1 rings (SSSR count). The predicted octanol–water partition coefficient (Wildman–Crippen LogP) is -0.336. The average molecular weight is 269 g/mol. The Labute approximate surface area is 109 Å². The van der Waals surface area contributed by atoms with Crippen LogP contribution in [-0.4, -0.2) is 49.0 Å². The van der Waals surface area contributed by atoms with Crippen LogP contribution in [0.3, 0.4) is 0 Å². The molecular formula is C12H15NO6. The highest BCUT2D eigenvalue weighted by molar-refractivity contribution is 5.95. The normalized spacial score (nSPS) is 11.5. The van der Waals surface area contributed by atoms with Gasteiger partial charge in [-0.3, -0.25) is 4.79 Å². The number of rotatable bonds is 5. The van der Waals surface area contributed by atoms with Gasteiger partial charge >= 0.3 is 5.97 Å². The van der Waals surface area contributed by atoms with Crippen LogP contribution in [0.4, 0.5) is 0 Å². The third-order valence-electron chi connectivity index (χ3n) is 2.37. The Hall–Kier alpha value is -2.28. The maximum absolute atomic E-state index is 11.7. The number of carbonyl (C=O) groups excluding carboxylic acids is 2. The van der Waals surface area contributed by atoms with Crippen molar-refractivity contribution in [1.82, 2.24) is 5.32 Å². The average Bonchev–Trinajstić information content (AvgIpc) is 2.43. The van der Waals surface area contributed by atoms with Gasteiger partial charge in [-0.15, -0.1) is 0 Å². The van der Waals surface area contributed by atoms with Gasteiger partial charge < -0.3 is 25.0 Å². The van der Waals surface area contributed by atoms with Crippen molar-refractivity contribution in [3.63, 3.8) is 0 Å². The molecule has 0 aliphatic rings. The maximum Gasteiger partial charge on any atom is 0.336 e. The molecule has 0 radical (unpaired) electrons. The molecule has 0 fully saturated rings. The number of ether oxygens (including phenoxy) is 2. The fourth-order valence-corrected chi connectivity index (χ4v) is 1.34. The number of nitrogens with one attached hydrogen (secondary N) is 1. The van der Waals surface area contributed by atoms with E-state index in [0.717, 1.165) is 7.11 Å². The summed E-state index contributed by atoms with van der Waals surface area (Å²) >= 11 is 0. The fourth-order valence-electron chi connectivity index (χ4n) is 1.34. The van der Waals surface area contributed by atoms with Gasteiger partial charge in [0.2, 0.25) is 0 Å². The second-order valence-corrected chi connectivity index (χ2v) is 3.64. The Morgan fingerprint density at radius 3 is 2.58 bits per heavy atom. The number of aliphatic hydroxyl groups is 1. The van der Waals surface area contributed by atoms with E-state index < -0.39 is 18.0 Å². The molecule has 0 saturated carbocycles. The number of hydrogen-bond acceptors (Lipinski definition) is 6. The molecule has 0 aromatic heterocycles. The zero-order valence-electron chi connectivity index (χ0n) is 10.5. The molecule has 0 saturated heterocycles. The largest absolute Gasteiger partial charge is 0.504 e. The van der Waals surface area contributed by atoms with Crippen molar-refractivity contribution in [1.29, 1.82) is 0 Å². The molecule has 7 nitrogen and oxygen atoms in total. The van der Waals surface area contributed by atoms with E-state index in [0.29, 0.717) is 0 Å². The Morgan fingerprint density at radius 1 is 1.37 bits per heavy atom. The van der Waals surface area contributed by atoms with E-state index in [-0.39, 0.29) is 23.6 Å².